The van der Waals surface area contributed by atoms with E-state index in [0.717, 1.165) is 24.5 Å². The van der Waals surface area contributed by atoms with E-state index >= 15 is 0 Å². The van der Waals surface area contributed by atoms with Crippen molar-refractivity contribution in [2.45, 2.75) is 39.3 Å². The summed E-state index contributed by atoms with van der Waals surface area (Å²) in [6.07, 6.45) is 1.16. The highest BCUT2D eigenvalue weighted by Gasteiger charge is 2.28. The van der Waals surface area contributed by atoms with E-state index in [4.69, 9.17) is 11.6 Å². The fourth-order valence-corrected chi connectivity index (χ4v) is 2.79. The molecule has 1 N–H and O–H groups in total. The van der Waals surface area contributed by atoms with E-state index in [0.29, 0.717) is 18.0 Å². The molecule has 3 heteroatoms. The van der Waals surface area contributed by atoms with Gasteiger partial charge in [-0.15, -0.1) is 0 Å². The van der Waals surface area contributed by atoms with Gasteiger partial charge in [0, 0.05) is 35.9 Å². The minimum atomic E-state index is 0.562. The molecule has 0 bridgehead atoms. The Kier molecular flexibility index (Phi) is 4.52. The van der Waals surface area contributed by atoms with Gasteiger partial charge in [-0.1, -0.05) is 38.4 Å². The summed E-state index contributed by atoms with van der Waals surface area (Å²) in [5.74, 6) is 0.657. The van der Waals surface area contributed by atoms with Crippen LogP contribution in [0.15, 0.2) is 24.3 Å². The zero-order valence-corrected chi connectivity index (χ0v) is 12.2. The summed E-state index contributed by atoms with van der Waals surface area (Å²) in [6, 6.07) is 9.35. The smallest absolute Gasteiger partial charge is 0.0426 e. The fourth-order valence-electron chi connectivity index (χ4n) is 2.61. The van der Waals surface area contributed by atoms with Crippen molar-refractivity contribution in [2.24, 2.45) is 5.92 Å². The Morgan fingerprint density at radius 1 is 1.44 bits per heavy atom. The number of halogens is 1. The maximum absolute atomic E-state index is 6.11. The molecule has 1 saturated heterocycles. The molecule has 1 heterocycles. The highest BCUT2D eigenvalue weighted by atomic mass is 35.5. The molecular weight excluding hydrogens is 244 g/mol. The van der Waals surface area contributed by atoms with Crippen molar-refractivity contribution in [1.82, 2.24) is 5.32 Å². The molecule has 1 aromatic rings. The Hall–Kier alpha value is -0.730. The quantitative estimate of drug-likeness (QED) is 0.900. The van der Waals surface area contributed by atoms with Gasteiger partial charge in [0.15, 0.2) is 0 Å². The van der Waals surface area contributed by atoms with Crippen LogP contribution in [0.5, 0.6) is 0 Å². The number of nitrogens with one attached hydrogen (secondary N) is 1. The van der Waals surface area contributed by atoms with Crippen LogP contribution < -0.4 is 10.2 Å². The van der Waals surface area contributed by atoms with Crippen LogP contribution in [0, 0.1) is 5.92 Å². The molecule has 18 heavy (non-hydrogen) atoms. The van der Waals surface area contributed by atoms with Gasteiger partial charge >= 0.3 is 0 Å². The van der Waals surface area contributed by atoms with E-state index in [9.17, 15) is 0 Å². The van der Waals surface area contributed by atoms with Crippen molar-refractivity contribution in [3.8, 4) is 0 Å². The Bertz CT molecular complexity index is 392. The molecule has 0 aliphatic carbocycles. The molecule has 0 saturated carbocycles. The van der Waals surface area contributed by atoms with Gasteiger partial charge in [0.05, 0.1) is 0 Å². The van der Waals surface area contributed by atoms with Gasteiger partial charge < -0.3 is 10.2 Å². The molecule has 2 atom stereocenters. The summed E-state index contributed by atoms with van der Waals surface area (Å²) in [4.78, 5) is 2.51. The first-order chi connectivity index (χ1) is 8.61. The number of hydrogen-bond donors (Lipinski definition) is 1. The number of rotatable bonds is 3. The fraction of sp³-hybridized carbons (Fsp3) is 0.600. The van der Waals surface area contributed by atoms with Gasteiger partial charge in [-0.25, -0.2) is 0 Å². The minimum Gasteiger partial charge on any atom is -0.366 e. The van der Waals surface area contributed by atoms with Crippen molar-refractivity contribution in [2.75, 3.05) is 18.0 Å². The first-order valence-electron chi connectivity index (χ1n) is 6.87. The van der Waals surface area contributed by atoms with Gasteiger partial charge in [0.1, 0.15) is 0 Å². The van der Waals surface area contributed by atoms with E-state index in [1.165, 1.54) is 5.69 Å². The van der Waals surface area contributed by atoms with Crippen LogP contribution in [-0.4, -0.2) is 25.2 Å². The van der Waals surface area contributed by atoms with E-state index in [1.54, 1.807) is 0 Å². The first-order valence-corrected chi connectivity index (χ1v) is 7.25. The normalized spacial score (nSPS) is 24.6. The van der Waals surface area contributed by atoms with Crippen LogP contribution >= 0.6 is 11.6 Å². The molecule has 2 nitrogen and oxygen atoms in total. The van der Waals surface area contributed by atoms with E-state index in [-0.39, 0.29) is 0 Å². The first kappa shape index (κ1) is 13.7. The Morgan fingerprint density at radius 3 is 2.83 bits per heavy atom. The molecule has 1 fully saturated rings. The van der Waals surface area contributed by atoms with Crippen LogP contribution in [0.2, 0.25) is 5.02 Å². The maximum Gasteiger partial charge on any atom is 0.0426 e. The third-order valence-electron chi connectivity index (χ3n) is 3.87. The molecule has 0 aromatic heterocycles. The average Bonchev–Trinajstić information content (AvgIpc) is 2.38. The van der Waals surface area contributed by atoms with E-state index in [1.807, 2.05) is 12.1 Å². The number of hydrogen-bond acceptors (Lipinski definition) is 2. The highest BCUT2D eigenvalue weighted by Crippen LogP contribution is 2.25. The van der Waals surface area contributed by atoms with Crippen molar-refractivity contribution >= 4 is 17.3 Å². The lowest BCUT2D eigenvalue weighted by Crippen LogP contribution is -2.58. The lowest BCUT2D eigenvalue weighted by atomic mass is 9.98. The standard InChI is InChI=1S/C15H23ClN2/c1-4-13-9-17-15(11(2)3)10-18(13)14-7-5-6-12(16)8-14/h5-8,11,13,15,17H,4,9-10H2,1-3H3. The lowest BCUT2D eigenvalue weighted by Gasteiger charge is -2.43. The van der Waals surface area contributed by atoms with Gasteiger partial charge in [-0.05, 0) is 30.5 Å². The average molecular weight is 267 g/mol. The van der Waals surface area contributed by atoms with E-state index < -0.39 is 0 Å². The molecule has 100 valence electrons. The third kappa shape index (κ3) is 2.99. The molecule has 2 unspecified atom stereocenters. The van der Waals surface area contributed by atoms with Gasteiger partial charge in [-0.2, -0.15) is 0 Å². The van der Waals surface area contributed by atoms with Crippen LogP contribution in [-0.2, 0) is 0 Å². The molecule has 2 rings (SSSR count). The molecule has 0 amide bonds. The number of piperazine rings is 1. The topological polar surface area (TPSA) is 15.3 Å². The molecule has 1 aliphatic rings. The summed E-state index contributed by atoms with van der Waals surface area (Å²) < 4.78 is 0. The Labute approximate surface area is 115 Å². The van der Waals surface area contributed by atoms with Crippen LogP contribution in [0.1, 0.15) is 27.2 Å². The second-order valence-corrected chi connectivity index (χ2v) is 5.89. The second-order valence-electron chi connectivity index (χ2n) is 5.45. The molecular formula is C15H23ClN2. The largest absolute Gasteiger partial charge is 0.366 e. The summed E-state index contributed by atoms with van der Waals surface area (Å²) in [5.41, 5.74) is 1.25. The number of benzene rings is 1. The van der Waals surface area contributed by atoms with Crippen molar-refractivity contribution < 1.29 is 0 Å². The molecule has 1 aromatic carbocycles. The zero-order chi connectivity index (χ0) is 13.1. The Balaban J connectivity index is 2.20. The van der Waals surface area contributed by atoms with Crippen LogP contribution in [0.3, 0.4) is 0 Å². The SMILES string of the molecule is CCC1CNC(C(C)C)CN1c1cccc(Cl)c1. The molecule has 0 radical (unpaired) electrons. The van der Waals surface area contributed by atoms with Crippen molar-refractivity contribution in [3.63, 3.8) is 0 Å². The second kappa shape index (κ2) is 5.94. The molecule has 1 aliphatic heterocycles. The Morgan fingerprint density at radius 2 is 2.22 bits per heavy atom. The van der Waals surface area contributed by atoms with Crippen molar-refractivity contribution in [1.29, 1.82) is 0 Å². The monoisotopic (exact) mass is 266 g/mol. The minimum absolute atomic E-state index is 0.562. The molecule has 0 spiro atoms. The predicted molar refractivity (Wildman–Crippen MR) is 79.5 cm³/mol. The predicted octanol–water partition coefficient (Wildman–Crippen LogP) is 3.55. The summed E-state index contributed by atoms with van der Waals surface area (Å²) >= 11 is 6.11. The summed E-state index contributed by atoms with van der Waals surface area (Å²) in [5, 5.41) is 4.48. The summed E-state index contributed by atoms with van der Waals surface area (Å²) in [6.45, 7) is 8.93. The zero-order valence-electron chi connectivity index (χ0n) is 11.5. The summed E-state index contributed by atoms with van der Waals surface area (Å²) in [7, 11) is 0. The number of nitrogens with zero attached hydrogens (tertiary/aromatic N) is 1. The van der Waals surface area contributed by atoms with Gasteiger partial charge in [0.2, 0.25) is 0 Å². The van der Waals surface area contributed by atoms with Gasteiger partial charge in [-0.3, -0.25) is 0 Å². The lowest BCUT2D eigenvalue weighted by molar-refractivity contribution is 0.325. The van der Waals surface area contributed by atoms with Crippen molar-refractivity contribution in [3.05, 3.63) is 29.3 Å². The van der Waals surface area contributed by atoms with E-state index in [2.05, 4.69) is 43.1 Å². The third-order valence-corrected chi connectivity index (χ3v) is 4.10. The number of anilines is 1. The maximum atomic E-state index is 6.11. The van der Waals surface area contributed by atoms with Gasteiger partial charge in [0.25, 0.3) is 0 Å². The van der Waals surface area contributed by atoms with Crippen LogP contribution in [0.25, 0.3) is 0 Å². The van der Waals surface area contributed by atoms with Crippen LogP contribution in [0.4, 0.5) is 5.69 Å². The highest BCUT2D eigenvalue weighted by molar-refractivity contribution is 6.30.